The smallest absolute Gasteiger partial charge is 0.338 e. The van der Waals surface area contributed by atoms with Crippen LogP contribution in [0.1, 0.15) is 16.8 Å². The fourth-order valence-electron chi connectivity index (χ4n) is 4.57. The molecule has 0 unspecified atom stereocenters. The summed E-state index contributed by atoms with van der Waals surface area (Å²) in [5.74, 6) is -1.72. The van der Waals surface area contributed by atoms with Gasteiger partial charge in [0, 0.05) is 18.2 Å². The first-order valence-corrected chi connectivity index (χ1v) is 13.1. The molecule has 0 aliphatic heterocycles. The maximum atomic E-state index is 14.8. The molecule has 0 bridgehead atoms. The molecule has 5 rings (SSSR count). The number of urea groups is 1. The third-order valence-corrected chi connectivity index (χ3v) is 6.56. The molecule has 0 spiro atoms. The van der Waals surface area contributed by atoms with Crippen LogP contribution in [0.25, 0.3) is 22.5 Å². The van der Waals surface area contributed by atoms with Crippen molar-refractivity contribution < 1.29 is 23.1 Å². The molecule has 3 aromatic heterocycles. The van der Waals surface area contributed by atoms with Crippen LogP contribution in [0.15, 0.2) is 64.2 Å². The van der Waals surface area contributed by atoms with Crippen molar-refractivity contribution in [3.8, 4) is 17.4 Å². The largest absolute Gasteiger partial charge is 0.480 e. The zero-order valence-corrected chi connectivity index (χ0v) is 23.8. The van der Waals surface area contributed by atoms with Crippen LogP contribution in [0, 0.1) is 11.6 Å². The van der Waals surface area contributed by atoms with Gasteiger partial charge in [0.1, 0.15) is 17.0 Å². The van der Waals surface area contributed by atoms with Gasteiger partial charge in [-0.1, -0.05) is 18.2 Å². The summed E-state index contributed by atoms with van der Waals surface area (Å²) in [6.45, 7) is -0.352. The summed E-state index contributed by atoms with van der Waals surface area (Å²) in [4.78, 5) is 45.7. The summed E-state index contributed by atoms with van der Waals surface area (Å²) in [7, 11) is 4.96. The van der Waals surface area contributed by atoms with Gasteiger partial charge < -0.3 is 15.4 Å². The van der Waals surface area contributed by atoms with E-state index in [0.717, 1.165) is 21.3 Å². The Morgan fingerprint density at radius 2 is 1.73 bits per heavy atom. The number of nitrogens with two attached hydrogens (primary N) is 1. The molecule has 0 radical (unpaired) electrons. The number of carbonyl (C=O) groups excluding carboxylic acids is 1. The SMILES string of the molecule is COc1ccc(-n2c(=O)c3c(CN(C)C)n(-c4ccc(CONC(N)=O)cc4)nc3n(Cc3c(F)cccc3F)c2=O)nn1. The molecule has 2 amide bonds. The Hall–Kier alpha value is -5.48. The topological polar surface area (TPSA) is 164 Å². The van der Waals surface area contributed by atoms with Crippen molar-refractivity contribution in [1.29, 1.82) is 0 Å². The lowest BCUT2D eigenvalue weighted by Crippen LogP contribution is -2.40. The van der Waals surface area contributed by atoms with Gasteiger partial charge in [-0.2, -0.15) is 0 Å². The molecule has 0 fully saturated rings. The number of amides is 2. The minimum absolute atomic E-state index is 0.0240. The number of benzene rings is 2. The molecular weight excluding hydrogens is 580 g/mol. The monoisotopic (exact) mass is 607 g/mol. The third kappa shape index (κ3) is 5.88. The predicted octanol–water partition coefficient (Wildman–Crippen LogP) is 1.62. The van der Waals surface area contributed by atoms with Crippen molar-refractivity contribution >= 4 is 17.1 Å². The lowest BCUT2D eigenvalue weighted by atomic mass is 10.2. The van der Waals surface area contributed by atoms with E-state index in [9.17, 15) is 23.2 Å². The van der Waals surface area contributed by atoms with Gasteiger partial charge in [-0.3, -0.25) is 14.2 Å². The van der Waals surface area contributed by atoms with Crippen LogP contribution in [-0.4, -0.2) is 61.2 Å². The predicted molar refractivity (Wildman–Crippen MR) is 153 cm³/mol. The van der Waals surface area contributed by atoms with Gasteiger partial charge in [-0.05, 0) is 50.0 Å². The third-order valence-electron chi connectivity index (χ3n) is 6.56. The minimum Gasteiger partial charge on any atom is -0.480 e. The molecule has 3 heterocycles. The molecule has 14 nitrogen and oxygen atoms in total. The maximum absolute atomic E-state index is 14.8. The number of nitrogens with zero attached hydrogens (tertiary/aromatic N) is 7. The molecule has 5 aromatic rings. The Morgan fingerprint density at radius 3 is 2.32 bits per heavy atom. The van der Waals surface area contributed by atoms with E-state index in [2.05, 4.69) is 15.3 Å². The van der Waals surface area contributed by atoms with E-state index < -0.39 is 35.5 Å². The first-order chi connectivity index (χ1) is 21.1. The van der Waals surface area contributed by atoms with E-state index >= 15 is 0 Å². The summed E-state index contributed by atoms with van der Waals surface area (Å²) in [5, 5.41) is 12.5. The van der Waals surface area contributed by atoms with E-state index in [1.807, 2.05) is 5.48 Å². The van der Waals surface area contributed by atoms with Gasteiger partial charge in [0.25, 0.3) is 5.56 Å². The molecule has 228 valence electrons. The standard InChI is InChI=1S/C28H27F2N9O5/c1-36(2)14-21-24-25(34-39(21)17-9-7-16(8-10-17)15-44-35-27(31)41)37(13-18-19(29)5-4-6-20(18)30)28(42)38(26(24)40)22-11-12-23(43-3)33-32-22/h4-12H,13-15H2,1-3H3,(H3,31,35,41). The molecule has 16 heteroatoms. The Balaban J connectivity index is 1.76. The number of hydroxylamine groups is 1. The van der Waals surface area contributed by atoms with Crippen LogP contribution in [-0.2, 0) is 24.5 Å². The Labute approximate surface area is 247 Å². The summed E-state index contributed by atoms with van der Waals surface area (Å²) in [6, 6.07) is 12.1. The molecule has 0 aliphatic rings. The number of hydrogen-bond acceptors (Lipinski definition) is 9. The Morgan fingerprint density at radius 1 is 1.02 bits per heavy atom. The molecule has 0 saturated carbocycles. The fourth-order valence-corrected chi connectivity index (χ4v) is 4.57. The molecule has 0 atom stereocenters. The number of aromatic nitrogens is 6. The molecule has 0 aliphatic carbocycles. The molecule has 2 aromatic carbocycles. The van der Waals surface area contributed by atoms with Gasteiger partial charge in [0.2, 0.25) is 5.88 Å². The van der Waals surface area contributed by atoms with E-state index in [4.69, 9.17) is 15.3 Å². The molecule has 44 heavy (non-hydrogen) atoms. The second kappa shape index (κ2) is 12.4. The normalized spacial score (nSPS) is 11.3. The van der Waals surface area contributed by atoms with Crippen LogP contribution in [0.5, 0.6) is 5.88 Å². The summed E-state index contributed by atoms with van der Waals surface area (Å²) in [6.07, 6.45) is 0. The van der Waals surface area contributed by atoms with E-state index in [1.165, 1.54) is 30.0 Å². The second-order valence-electron chi connectivity index (χ2n) is 9.86. The highest BCUT2D eigenvalue weighted by Gasteiger charge is 2.26. The Bertz CT molecular complexity index is 1930. The summed E-state index contributed by atoms with van der Waals surface area (Å²) < 4.78 is 38.0. The average molecular weight is 608 g/mol. The summed E-state index contributed by atoms with van der Waals surface area (Å²) >= 11 is 0. The van der Waals surface area contributed by atoms with Crippen molar-refractivity contribution in [1.82, 2.24) is 39.5 Å². The van der Waals surface area contributed by atoms with Crippen LogP contribution in [0.3, 0.4) is 0 Å². The number of rotatable bonds is 10. The first-order valence-electron chi connectivity index (χ1n) is 13.1. The quantitative estimate of drug-likeness (QED) is 0.225. The Kier molecular flexibility index (Phi) is 8.45. The van der Waals surface area contributed by atoms with E-state index in [0.29, 0.717) is 16.9 Å². The number of nitrogens with one attached hydrogen (secondary N) is 1. The number of primary amides is 1. The first kappa shape index (κ1) is 30.0. The molecule has 3 N–H and O–H groups in total. The van der Waals surface area contributed by atoms with Gasteiger partial charge in [0.15, 0.2) is 11.5 Å². The average Bonchev–Trinajstić information content (AvgIpc) is 3.35. The van der Waals surface area contributed by atoms with Crippen LogP contribution in [0.4, 0.5) is 13.6 Å². The highest BCUT2D eigenvalue weighted by molar-refractivity contribution is 5.79. The highest BCUT2D eigenvalue weighted by atomic mass is 19.1. The number of ether oxygens (including phenoxy) is 1. The minimum atomic E-state index is -0.930. The number of carbonyl (C=O) groups is 1. The van der Waals surface area contributed by atoms with Gasteiger partial charge >= 0.3 is 11.7 Å². The number of halogens is 2. The lowest BCUT2D eigenvalue weighted by Gasteiger charge is -2.14. The van der Waals surface area contributed by atoms with E-state index in [-0.39, 0.29) is 41.4 Å². The van der Waals surface area contributed by atoms with Gasteiger partial charge in [0.05, 0.1) is 31.6 Å². The zero-order chi connectivity index (χ0) is 31.5. The lowest BCUT2D eigenvalue weighted by molar-refractivity contribution is 0.0521. The van der Waals surface area contributed by atoms with Gasteiger partial charge in [-0.15, -0.1) is 15.3 Å². The van der Waals surface area contributed by atoms with Gasteiger partial charge in [-0.25, -0.2) is 33.1 Å². The van der Waals surface area contributed by atoms with Crippen molar-refractivity contribution in [2.75, 3.05) is 21.2 Å². The second-order valence-corrected chi connectivity index (χ2v) is 9.86. The van der Waals surface area contributed by atoms with E-state index in [1.54, 1.807) is 43.3 Å². The van der Waals surface area contributed by atoms with Crippen molar-refractivity contribution in [3.05, 3.63) is 104 Å². The highest BCUT2D eigenvalue weighted by Crippen LogP contribution is 2.23. The van der Waals surface area contributed by atoms with Crippen molar-refractivity contribution in [3.63, 3.8) is 0 Å². The zero-order valence-electron chi connectivity index (χ0n) is 23.8. The summed E-state index contributed by atoms with van der Waals surface area (Å²) in [5.41, 5.74) is 6.48. The van der Waals surface area contributed by atoms with Crippen LogP contribution in [0.2, 0.25) is 0 Å². The van der Waals surface area contributed by atoms with Crippen molar-refractivity contribution in [2.45, 2.75) is 19.7 Å². The number of hydrogen-bond donors (Lipinski definition) is 2. The fraction of sp³-hybridized carbons (Fsp3) is 0.214. The molecular formula is C28H27F2N9O5. The van der Waals surface area contributed by atoms with Crippen LogP contribution < -0.4 is 27.2 Å². The number of methoxy groups -OCH3 is 1. The van der Waals surface area contributed by atoms with Crippen LogP contribution >= 0.6 is 0 Å². The maximum Gasteiger partial charge on any atom is 0.338 e. The molecule has 0 saturated heterocycles. The van der Waals surface area contributed by atoms with Crippen molar-refractivity contribution in [2.24, 2.45) is 5.73 Å². The number of fused-ring (bicyclic) bond motifs is 1.